The molecular formula is C21H25N3O3S. The monoisotopic (exact) mass is 399 g/mol. The highest BCUT2D eigenvalue weighted by Crippen LogP contribution is 2.38. The summed E-state index contributed by atoms with van der Waals surface area (Å²) >= 11 is 1.18. The number of nitrogens with one attached hydrogen (secondary N) is 1. The van der Waals surface area contributed by atoms with Gasteiger partial charge in [-0.25, -0.2) is 0 Å². The van der Waals surface area contributed by atoms with Crippen LogP contribution in [0.15, 0.2) is 24.4 Å². The minimum atomic E-state index is -0.106. The Kier molecular flexibility index (Phi) is 5.90. The number of benzene rings is 1. The van der Waals surface area contributed by atoms with E-state index in [2.05, 4.69) is 19.8 Å². The molecule has 0 bridgehead atoms. The molecule has 6 nitrogen and oxygen atoms in total. The molecule has 1 aromatic carbocycles. The lowest BCUT2D eigenvalue weighted by atomic mass is 9.85. The fraction of sp³-hybridized carbons (Fsp3) is 0.476. The minimum Gasteiger partial charge on any atom is -0.487 e. The predicted molar refractivity (Wildman–Crippen MR) is 109 cm³/mol. The summed E-state index contributed by atoms with van der Waals surface area (Å²) in [5, 5.41) is 1.19. The van der Waals surface area contributed by atoms with Crippen LogP contribution in [-0.4, -0.2) is 26.3 Å². The lowest BCUT2D eigenvalue weighted by Crippen LogP contribution is -2.13. The molecule has 3 aromatic rings. The number of ether oxygens (including phenoxy) is 2. The summed E-state index contributed by atoms with van der Waals surface area (Å²) in [5.41, 5.74) is 4.44. The quantitative estimate of drug-likeness (QED) is 0.605. The second-order valence-electron chi connectivity index (χ2n) is 7.22. The SMILES string of the molecule is CCOC(=O)CC1CCCCCc2[nH]c3cc(OCc4cnsn4)ccc3c21. The summed E-state index contributed by atoms with van der Waals surface area (Å²) in [7, 11) is 0. The number of esters is 1. The molecule has 0 amide bonds. The van der Waals surface area contributed by atoms with Crippen LogP contribution in [0, 0.1) is 0 Å². The molecule has 4 rings (SSSR count). The Morgan fingerprint density at radius 2 is 2.25 bits per heavy atom. The molecule has 7 heteroatoms. The minimum absolute atomic E-state index is 0.106. The lowest BCUT2D eigenvalue weighted by Gasteiger charge is -2.20. The normalized spacial score (nSPS) is 17.0. The van der Waals surface area contributed by atoms with Crippen LogP contribution in [0.4, 0.5) is 0 Å². The number of fused-ring (bicyclic) bond motifs is 3. The molecule has 1 unspecified atom stereocenters. The highest BCUT2D eigenvalue weighted by molar-refractivity contribution is 6.99. The molecule has 0 saturated heterocycles. The highest BCUT2D eigenvalue weighted by atomic mass is 32.1. The molecule has 28 heavy (non-hydrogen) atoms. The van der Waals surface area contributed by atoms with Crippen LogP contribution in [0.25, 0.3) is 10.9 Å². The zero-order valence-electron chi connectivity index (χ0n) is 16.1. The van der Waals surface area contributed by atoms with Gasteiger partial charge in [-0.3, -0.25) is 4.79 Å². The number of aromatic amines is 1. The van der Waals surface area contributed by atoms with Crippen molar-refractivity contribution >= 4 is 28.6 Å². The van der Waals surface area contributed by atoms with E-state index in [1.807, 2.05) is 19.1 Å². The molecule has 1 aliphatic carbocycles. The second-order valence-corrected chi connectivity index (χ2v) is 7.77. The van der Waals surface area contributed by atoms with Gasteiger partial charge in [-0.2, -0.15) is 8.75 Å². The van der Waals surface area contributed by atoms with E-state index in [1.54, 1.807) is 6.20 Å². The number of nitrogens with zero attached hydrogens (tertiary/aromatic N) is 2. The van der Waals surface area contributed by atoms with Crippen molar-refractivity contribution < 1.29 is 14.3 Å². The van der Waals surface area contributed by atoms with E-state index in [9.17, 15) is 4.79 Å². The van der Waals surface area contributed by atoms with E-state index in [0.29, 0.717) is 19.6 Å². The summed E-state index contributed by atoms with van der Waals surface area (Å²) in [6.45, 7) is 2.70. The number of carbonyl (C=O) groups is 1. The fourth-order valence-electron chi connectivity index (χ4n) is 4.05. The van der Waals surface area contributed by atoms with E-state index < -0.39 is 0 Å². The molecule has 0 radical (unpaired) electrons. The predicted octanol–water partition coefficient (Wildman–Crippen LogP) is 4.75. The first-order chi connectivity index (χ1) is 13.7. The third-order valence-corrected chi connectivity index (χ3v) is 5.81. The van der Waals surface area contributed by atoms with Crippen LogP contribution in [0.1, 0.15) is 61.9 Å². The third kappa shape index (κ3) is 4.19. The molecule has 0 saturated carbocycles. The Morgan fingerprint density at radius 1 is 1.32 bits per heavy atom. The Balaban J connectivity index is 1.62. The van der Waals surface area contributed by atoms with Crippen molar-refractivity contribution in [2.45, 2.75) is 58.0 Å². The van der Waals surface area contributed by atoms with Crippen molar-refractivity contribution in [1.29, 1.82) is 0 Å². The number of hydrogen-bond acceptors (Lipinski definition) is 6. The van der Waals surface area contributed by atoms with Crippen LogP contribution in [0.5, 0.6) is 5.75 Å². The third-order valence-electron chi connectivity index (χ3n) is 5.29. The zero-order chi connectivity index (χ0) is 19.3. The summed E-state index contributed by atoms with van der Waals surface area (Å²) in [6.07, 6.45) is 7.74. The largest absolute Gasteiger partial charge is 0.487 e. The van der Waals surface area contributed by atoms with Gasteiger partial charge in [-0.05, 0) is 49.8 Å². The summed E-state index contributed by atoms with van der Waals surface area (Å²) in [5.74, 6) is 0.901. The van der Waals surface area contributed by atoms with E-state index in [0.717, 1.165) is 36.2 Å². The van der Waals surface area contributed by atoms with Crippen LogP contribution in [0.3, 0.4) is 0 Å². The maximum atomic E-state index is 12.2. The van der Waals surface area contributed by atoms with Gasteiger partial charge in [0.15, 0.2) is 0 Å². The first kappa shape index (κ1) is 18.9. The van der Waals surface area contributed by atoms with Crippen molar-refractivity contribution in [3.05, 3.63) is 41.3 Å². The highest BCUT2D eigenvalue weighted by Gasteiger charge is 2.25. The van der Waals surface area contributed by atoms with E-state index in [-0.39, 0.29) is 11.9 Å². The molecule has 2 aromatic heterocycles. The van der Waals surface area contributed by atoms with Gasteiger partial charge in [-0.15, -0.1) is 0 Å². The van der Waals surface area contributed by atoms with Gasteiger partial charge in [0.1, 0.15) is 18.1 Å². The number of aryl methyl sites for hydroxylation is 1. The van der Waals surface area contributed by atoms with Gasteiger partial charge in [0, 0.05) is 22.7 Å². The summed E-state index contributed by atoms with van der Waals surface area (Å²) in [4.78, 5) is 15.8. The van der Waals surface area contributed by atoms with Crippen molar-refractivity contribution in [1.82, 2.24) is 13.7 Å². The fourth-order valence-corrected chi connectivity index (χ4v) is 4.47. The van der Waals surface area contributed by atoms with E-state index >= 15 is 0 Å². The van der Waals surface area contributed by atoms with Crippen molar-refractivity contribution in [2.75, 3.05) is 6.61 Å². The Labute approximate surface area is 168 Å². The second kappa shape index (κ2) is 8.73. The van der Waals surface area contributed by atoms with E-state index in [4.69, 9.17) is 9.47 Å². The van der Waals surface area contributed by atoms with Crippen molar-refractivity contribution in [2.24, 2.45) is 0 Å². The number of carbonyl (C=O) groups excluding carboxylic acids is 1. The lowest BCUT2D eigenvalue weighted by molar-refractivity contribution is -0.143. The average molecular weight is 400 g/mol. The van der Waals surface area contributed by atoms with Gasteiger partial charge in [0.05, 0.1) is 31.0 Å². The average Bonchev–Trinajstić information content (AvgIpc) is 3.30. The van der Waals surface area contributed by atoms with Crippen LogP contribution < -0.4 is 4.74 Å². The summed E-state index contributed by atoms with van der Waals surface area (Å²) in [6, 6.07) is 6.15. The first-order valence-electron chi connectivity index (χ1n) is 9.94. The molecule has 148 valence electrons. The van der Waals surface area contributed by atoms with Crippen LogP contribution in [0.2, 0.25) is 0 Å². The number of rotatable bonds is 6. The molecular weight excluding hydrogens is 374 g/mol. The van der Waals surface area contributed by atoms with Crippen LogP contribution in [-0.2, 0) is 22.6 Å². The van der Waals surface area contributed by atoms with Crippen molar-refractivity contribution in [3.63, 3.8) is 0 Å². The van der Waals surface area contributed by atoms with E-state index in [1.165, 1.54) is 41.2 Å². The number of hydrogen-bond donors (Lipinski definition) is 1. The summed E-state index contributed by atoms with van der Waals surface area (Å²) < 4.78 is 19.3. The van der Waals surface area contributed by atoms with Gasteiger partial charge in [0.25, 0.3) is 0 Å². The molecule has 1 N–H and O–H groups in total. The van der Waals surface area contributed by atoms with Gasteiger partial charge in [0.2, 0.25) is 0 Å². The molecule has 0 aliphatic heterocycles. The molecule has 2 heterocycles. The van der Waals surface area contributed by atoms with Gasteiger partial charge in [-0.1, -0.05) is 12.8 Å². The van der Waals surface area contributed by atoms with Crippen LogP contribution >= 0.6 is 11.7 Å². The van der Waals surface area contributed by atoms with Gasteiger partial charge >= 0.3 is 5.97 Å². The zero-order valence-corrected chi connectivity index (χ0v) is 16.9. The molecule has 0 spiro atoms. The maximum Gasteiger partial charge on any atom is 0.306 e. The Morgan fingerprint density at radius 3 is 3.07 bits per heavy atom. The maximum absolute atomic E-state index is 12.2. The topological polar surface area (TPSA) is 77.1 Å². The Bertz CT molecular complexity index is 936. The molecule has 0 fully saturated rings. The van der Waals surface area contributed by atoms with Gasteiger partial charge < -0.3 is 14.5 Å². The standard InChI is InChI=1S/C21H25N3O3S/c1-2-26-20(25)10-14-6-4-3-5-7-18-21(14)17-9-8-16(11-19(17)23-18)27-13-15-12-22-28-24-15/h8-9,11-12,14,23H,2-7,10,13H2,1H3. The molecule has 1 aliphatic rings. The molecule has 1 atom stereocenters. The first-order valence-corrected chi connectivity index (χ1v) is 10.7. The number of H-pyrrole nitrogens is 1. The van der Waals surface area contributed by atoms with Crippen molar-refractivity contribution in [3.8, 4) is 5.75 Å². The number of aromatic nitrogens is 3. The smallest absolute Gasteiger partial charge is 0.306 e. The Hall–Kier alpha value is -2.41.